The Hall–Kier alpha value is -2.17. The molecule has 2 heterocycles. The van der Waals surface area contributed by atoms with Crippen LogP contribution in [0.5, 0.6) is 5.19 Å². The third kappa shape index (κ3) is 2.31. The number of aromatic amines is 1. The van der Waals surface area contributed by atoms with Crippen molar-refractivity contribution < 1.29 is 4.74 Å². The first-order valence-corrected chi connectivity index (χ1v) is 7.44. The molecule has 0 bridgehead atoms. The van der Waals surface area contributed by atoms with Crippen LogP contribution in [-0.2, 0) is 0 Å². The van der Waals surface area contributed by atoms with Crippen molar-refractivity contribution in [2.45, 2.75) is 5.03 Å². The monoisotopic (exact) mass is 302 g/mol. The molecule has 0 atom stereocenters. The van der Waals surface area contributed by atoms with Gasteiger partial charge in [0, 0.05) is 28.9 Å². The molecule has 0 saturated carbocycles. The van der Waals surface area contributed by atoms with E-state index in [2.05, 4.69) is 20.8 Å². The molecule has 0 saturated heterocycles. The Labute approximate surface area is 123 Å². The summed E-state index contributed by atoms with van der Waals surface area (Å²) in [4.78, 5) is 7.40. The van der Waals surface area contributed by atoms with Gasteiger partial charge < -0.3 is 14.4 Å². The average Bonchev–Trinajstić information content (AvgIpc) is 3.11. The lowest BCUT2D eigenvalue weighted by Crippen LogP contribution is -1.88. The number of aromatic nitrogens is 2. The summed E-state index contributed by atoms with van der Waals surface area (Å²) < 4.78 is 8.30. The summed E-state index contributed by atoms with van der Waals surface area (Å²) in [6.45, 7) is 0. The molecule has 2 N–H and O–H groups in total. The Balaban J connectivity index is 1.84. The van der Waals surface area contributed by atoms with Crippen molar-refractivity contribution in [2.24, 2.45) is 0 Å². The van der Waals surface area contributed by atoms with E-state index in [1.807, 2.05) is 23.6 Å². The summed E-state index contributed by atoms with van der Waals surface area (Å²) in [6, 6.07) is 7.96. The van der Waals surface area contributed by atoms with Gasteiger partial charge in [0.05, 0.1) is 23.9 Å². The first kappa shape index (κ1) is 12.8. The van der Waals surface area contributed by atoms with Gasteiger partial charge in [0.15, 0.2) is 0 Å². The molecular weight excluding hydrogens is 292 g/mol. The number of benzene rings is 1. The van der Waals surface area contributed by atoms with E-state index in [4.69, 9.17) is 10.00 Å². The second kappa shape index (κ2) is 5.45. The van der Waals surface area contributed by atoms with Gasteiger partial charge >= 0.3 is 0 Å². The summed E-state index contributed by atoms with van der Waals surface area (Å²) in [5.74, 6) is 0. The van der Waals surface area contributed by atoms with E-state index in [0.29, 0.717) is 10.8 Å². The van der Waals surface area contributed by atoms with Crippen LogP contribution < -0.4 is 9.46 Å². The lowest BCUT2D eigenvalue weighted by molar-refractivity contribution is 0.409. The number of fused-ring (bicyclic) bond motifs is 1. The predicted molar refractivity (Wildman–Crippen MR) is 81.2 cm³/mol. The van der Waals surface area contributed by atoms with E-state index in [9.17, 15) is 0 Å². The van der Waals surface area contributed by atoms with Gasteiger partial charge in [-0.2, -0.15) is 10.2 Å². The molecule has 20 heavy (non-hydrogen) atoms. The number of thiazole rings is 1. The number of anilines is 1. The second-order valence-electron chi connectivity index (χ2n) is 3.90. The van der Waals surface area contributed by atoms with Gasteiger partial charge in [0.1, 0.15) is 11.1 Å². The third-order valence-corrected chi connectivity index (χ3v) is 4.43. The van der Waals surface area contributed by atoms with Crippen LogP contribution in [-0.4, -0.2) is 17.1 Å². The molecule has 0 spiro atoms. The maximum atomic E-state index is 9.04. The zero-order chi connectivity index (χ0) is 13.9. The SMILES string of the molecule is COc1nc(SNc2cccc3c(C#N)c[nH]c23)cs1. The lowest BCUT2D eigenvalue weighted by Gasteiger charge is -2.04. The number of nitriles is 1. The van der Waals surface area contributed by atoms with Gasteiger partial charge in [-0.3, -0.25) is 0 Å². The average molecular weight is 302 g/mol. The molecule has 3 aromatic rings. The highest BCUT2D eigenvalue weighted by Gasteiger charge is 2.08. The fourth-order valence-electron chi connectivity index (χ4n) is 1.82. The number of nitrogens with one attached hydrogen (secondary N) is 2. The topological polar surface area (TPSA) is 73.7 Å². The van der Waals surface area contributed by atoms with Gasteiger partial charge in [-0.15, -0.1) is 0 Å². The minimum absolute atomic E-state index is 0.638. The smallest absolute Gasteiger partial charge is 0.274 e. The molecule has 0 unspecified atom stereocenters. The number of methoxy groups -OCH3 is 1. The Morgan fingerprint density at radius 3 is 3.15 bits per heavy atom. The Morgan fingerprint density at radius 1 is 1.50 bits per heavy atom. The van der Waals surface area contributed by atoms with Gasteiger partial charge in [-0.1, -0.05) is 23.5 Å². The molecule has 0 aliphatic heterocycles. The van der Waals surface area contributed by atoms with Crippen LogP contribution in [0.2, 0.25) is 0 Å². The Morgan fingerprint density at radius 2 is 2.40 bits per heavy atom. The van der Waals surface area contributed by atoms with Crippen molar-refractivity contribution in [3.63, 3.8) is 0 Å². The zero-order valence-electron chi connectivity index (χ0n) is 10.5. The van der Waals surface area contributed by atoms with Gasteiger partial charge in [0.2, 0.25) is 0 Å². The summed E-state index contributed by atoms with van der Waals surface area (Å²) in [5.41, 5.74) is 2.48. The molecule has 3 rings (SSSR count). The van der Waals surface area contributed by atoms with Gasteiger partial charge in [0.25, 0.3) is 5.19 Å². The Kier molecular flexibility index (Phi) is 3.50. The standard InChI is InChI=1S/C13H10N4OS2/c1-18-13-16-11(7-19-13)20-17-10-4-2-3-9-8(5-14)6-15-12(9)10/h2-4,6-7,15,17H,1H3. The summed E-state index contributed by atoms with van der Waals surface area (Å²) in [7, 11) is 1.60. The number of rotatable bonds is 4. The van der Waals surface area contributed by atoms with E-state index < -0.39 is 0 Å². The minimum atomic E-state index is 0.638. The fraction of sp³-hybridized carbons (Fsp3) is 0.0769. The molecule has 5 nitrogen and oxygen atoms in total. The van der Waals surface area contributed by atoms with Crippen molar-refractivity contribution in [2.75, 3.05) is 11.8 Å². The van der Waals surface area contributed by atoms with E-state index >= 15 is 0 Å². The van der Waals surface area contributed by atoms with Crippen molar-refractivity contribution in [1.29, 1.82) is 5.26 Å². The van der Waals surface area contributed by atoms with Crippen molar-refractivity contribution >= 4 is 39.9 Å². The summed E-state index contributed by atoms with van der Waals surface area (Å²) in [5, 5.41) is 13.4. The highest BCUT2D eigenvalue weighted by Crippen LogP contribution is 2.30. The van der Waals surface area contributed by atoms with Crippen molar-refractivity contribution in [3.8, 4) is 11.3 Å². The van der Waals surface area contributed by atoms with Crippen LogP contribution in [0.25, 0.3) is 10.9 Å². The largest absolute Gasteiger partial charge is 0.473 e. The maximum absolute atomic E-state index is 9.04. The predicted octanol–water partition coefficient (Wildman–Crippen LogP) is 3.62. The van der Waals surface area contributed by atoms with Crippen LogP contribution >= 0.6 is 23.3 Å². The molecular formula is C13H10N4OS2. The number of H-pyrrole nitrogens is 1. The Bertz CT molecular complexity index is 787. The second-order valence-corrected chi connectivity index (χ2v) is 5.55. The van der Waals surface area contributed by atoms with Gasteiger partial charge in [-0.25, -0.2) is 0 Å². The van der Waals surface area contributed by atoms with Crippen LogP contribution in [0.3, 0.4) is 0 Å². The lowest BCUT2D eigenvalue weighted by atomic mass is 10.2. The fourth-order valence-corrected chi connectivity index (χ4v) is 3.23. The molecule has 0 fully saturated rings. The molecule has 0 aliphatic rings. The van der Waals surface area contributed by atoms with Crippen molar-refractivity contribution in [1.82, 2.24) is 9.97 Å². The van der Waals surface area contributed by atoms with E-state index in [-0.39, 0.29) is 0 Å². The molecule has 2 aromatic heterocycles. The highest BCUT2D eigenvalue weighted by molar-refractivity contribution is 8.00. The van der Waals surface area contributed by atoms with Crippen LogP contribution in [0.1, 0.15) is 5.56 Å². The summed E-state index contributed by atoms with van der Waals surface area (Å²) >= 11 is 2.86. The van der Waals surface area contributed by atoms with Crippen LogP contribution in [0.15, 0.2) is 34.8 Å². The number of hydrogen-bond acceptors (Lipinski definition) is 6. The normalized spacial score (nSPS) is 10.4. The van der Waals surface area contributed by atoms with E-state index in [1.165, 1.54) is 23.3 Å². The number of para-hydroxylation sites is 1. The van der Waals surface area contributed by atoms with E-state index in [0.717, 1.165) is 21.6 Å². The third-order valence-electron chi connectivity index (χ3n) is 2.74. The van der Waals surface area contributed by atoms with Gasteiger partial charge in [-0.05, 0) is 6.07 Å². The number of ether oxygens (including phenoxy) is 1. The molecule has 100 valence electrons. The summed E-state index contributed by atoms with van der Waals surface area (Å²) in [6.07, 6.45) is 1.71. The highest BCUT2D eigenvalue weighted by atomic mass is 32.2. The molecule has 0 radical (unpaired) electrons. The maximum Gasteiger partial charge on any atom is 0.274 e. The number of hydrogen-bond donors (Lipinski definition) is 2. The molecule has 1 aromatic carbocycles. The molecule has 0 aliphatic carbocycles. The number of nitrogens with zero attached hydrogens (tertiary/aromatic N) is 2. The molecule has 0 amide bonds. The van der Waals surface area contributed by atoms with Crippen LogP contribution in [0.4, 0.5) is 5.69 Å². The van der Waals surface area contributed by atoms with Crippen molar-refractivity contribution in [3.05, 3.63) is 35.3 Å². The quantitative estimate of drug-likeness (QED) is 0.720. The first-order chi connectivity index (χ1) is 9.81. The van der Waals surface area contributed by atoms with Crippen LogP contribution in [0, 0.1) is 11.3 Å². The minimum Gasteiger partial charge on any atom is -0.473 e. The zero-order valence-corrected chi connectivity index (χ0v) is 12.1. The first-order valence-electron chi connectivity index (χ1n) is 5.74. The molecule has 7 heteroatoms. The van der Waals surface area contributed by atoms with E-state index in [1.54, 1.807) is 13.3 Å².